The number of nitriles is 2. The van der Waals surface area contributed by atoms with Crippen LogP contribution in [0.25, 0.3) is 22.3 Å². The Morgan fingerprint density at radius 1 is 0.933 bits per heavy atom. The van der Waals surface area contributed by atoms with Crippen molar-refractivity contribution < 1.29 is 9.66 Å². The summed E-state index contributed by atoms with van der Waals surface area (Å²) in [5.74, 6) is 0.191. The van der Waals surface area contributed by atoms with Gasteiger partial charge in [0.1, 0.15) is 17.9 Å². The van der Waals surface area contributed by atoms with Crippen molar-refractivity contribution >= 4 is 16.7 Å². The van der Waals surface area contributed by atoms with Gasteiger partial charge in [-0.3, -0.25) is 15.1 Å². The van der Waals surface area contributed by atoms with Gasteiger partial charge in [-0.15, -0.1) is 0 Å². The van der Waals surface area contributed by atoms with Crippen LogP contribution in [0.2, 0.25) is 0 Å². The van der Waals surface area contributed by atoms with Gasteiger partial charge in [-0.25, -0.2) is 4.98 Å². The predicted octanol–water partition coefficient (Wildman–Crippen LogP) is 4.74. The molecular formula is C22H11N5O3. The second-order valence-corrected chi connectivity index (χ2v) is 6.22. The van der Waals surface area contributed by atoms with E-state index in [1.54, 1.807) is 30.5 Å². The number of ether oxygens (including phenoxy) is 1. The molecule has 0 aliphatic rings. The summed E-state index contributed by atoms with van der Waals surface area (Å²) in [6.07, 6.45) is 1.64. The summed E-state index contributed by atoms with van der Waals surface area (Å²) in [6, 6.07) is 20.2. The van der Waals surface area contributed by atoms with Gasteiger partial charge < -0.3 is 4.74 Å². The van der Waals surface area contributed by atoms with Crippen LogP contribution in [0, 0.1) is 32.8 Å². The third kappa shape index (κ3) is 3.49. The molecule has 0 radical (unpaired) electrons. The Morgan fingerprint density at radius 3 is 2.40 bits per heavy atom. The van der Waals surface area contributed by atoms with Crippen LogP contribution >= 0.6 is 0 Å². The molecule has 0 amide bonds. The minimum atomic E-state index is -0.657. The van der Waals surface area contributed by atoms with Crippen molar-refractivity contribution in [1.29, 1.82) is 10.5 Å². The van der Waals surface area contributed by atoms with Crippen LogP contribution in [0.1, 0.15) is 11.1 Å². The Morgan fingerprint density at radius 2 is 1.67 bits per heavy atom. The minimum Gasteiger partial charge on any atom is -0.450 e. The number of rotatable bonds is 4. The van der Waals surface area contributed by atoms with Crippen molar-refractivity contribution in [2.45, 2.75) is 0 Å². The fourth-order valence-corrected chi connectivity index (χ4v) is 2.92. The molecule has 0 N–H and O–H groups in total. The lowest BCUT2D eigenvalue weighted by Crippen LogP contribution is -1.97. The van der Waals surface area contributed by atoms with Crippen LogP contribution in [0.5, 0.6) is 11.5 Å². The summed E-state index contributed by atoms with van der Waals surface area (Å²) in [7, 11) is 0. The summed E-state index contributed by atoms with van der Waals surface area (Å²) < 4.78 is 5.71. The standard InChI is InChI=1S/C22H11N5O3/c23-11-15-9-21(27(28)29)22(10-16(15)12-24)30-17-5-3-4-14(8-17)20-13-25-18-6-1-2-7-19(18)26-20/h1-10,13H. The number of para-hydroxylation sites is 2. The van der Waals surface area contributed by atoms with E-state index in [0.717, 1.165) is 17.1 Å². The first-order chi connectivity index (χ1) is 14.6. The summed E-state index contributed by atoms with van der Waals surface area (Å²) in [5, 5.41) is 29.7. The van der Waals surface area contributed by atoms with Gasteiger partial charge in [0, 0.05) is 17.7 Å². The first-order valence-corrected chi connectivity index (χ1v) is 8.72. The number of fused-ring (bicyclic) bond motifs is 1. The quantitative estimate of drug-likeness (QED) is 0.362. The molecule has 4 aromatic rings. The van der Waals surface area contributed by atoms with Crippen LogP contribution in [-0.2, 0) is 0 Å². The summed E-state index contributed by atoms with van der Waals surface area (Å²) in [6.45, 7) is 0. The van der Waals surface area contributed by atoms with E-state index in [9.17, 15) is 15.4 Å². The predicted molar refractivity (Wildman–Crippen MR) is 108 cm³/mol. The maximum atomic E-state index is 11.4. The fraction of sp³-hybridized carbons (Fsp3) is 0. The second-order valence-electron chi connectivity index (χ2n) is 6.22. The number of hydrogen-bond donors (Lipinski definition) is 0. The number of hydrogen-bond acceptors (Lipinski definition) is 7. The topological polar surface area (TPSA) is 126 Å². The fourth-order valence-electron chi connectivity index (χ4n) is 2.92. The number of benzene rings is 3. The van der Waals surface area contributed by atoms with E-state index in [1.807, 2.05) is 36.4 Å². The average molecular weight is 393 g/mol. The molecule has 0 fully saturated rings. The molecule has 0 saturated heterocycles. The molecule has 0 saturated carbocycles. The zero-order valence-corrected chi connectivity index (χ0v) is 15.3. The molecule has 3 aromatic carbocycles. The molecule has 0 atom stereocenters. The van der Waals surface area contributed by atoms with E-state index in [4.69, 9.17) is 10.00 Å². The highest BCUT2D eigenvalue weighted by atomic mass is 16.6. The van der Waals surface area contributed by atoms with E-state index in [2.05, 4.69) is 9.97 Å². The summed E-state index contributed by atoms with van der Waals surface area (Å²) in [5.41, 5.74) is 2.34. The Bertz CT molecular complexity index is 1390. The molecule has 0 aliphatic heterocycles. The highest BCUT2D eigenvalue weighted by Crippen LogP contribution is 2.35. The van der Waals surface area contributed by atoms with Crippen LogP contribution in [-0.4, -0.2) is 14.9 Å². The molecule has 8 nitrogen and oxygen atoms in total. The number of nitrogens with zero attached hydrogens (tertiary/aromatic N) is 5. The SMILES string of the molecule is N#Cc1cc(Oc2cccc(-c3cnc4ccccc4n3)c2)c([N+](=O)[O-])cc1C#N. The molecule has 1 heterocycles. The van der Waals surface area contributed by atoms with Gasteiger partial charge >= 0.3 is 5.69 Å². The largest absolute Gasteiger partial charge is 0.450 e. The molecule has 142 valence electrons. The van der Waals surface area contributed by atoms with Crippen molar-refractivity contribution in [3.63, 3.8) is 0 Å². The Balaban J connectivity index is 1.74. The van der Waals surface area contributed by atoms with Gasteiger partial charge in [-0.05, 0) is 24.3 Å². The second kappa shape index (κ2) is 7.66. The maximum Gasteiger partial charge on any atom is 0.312 e. The van der Waals surface area contributed by atoms with E-state index in [1.165, 1.54) is 6.07 Å². The van der Waals surface area contributed by atoms with Gasteiger partial charge in [-0.1, -0.05) is 24.3 Å². The van der Waals surface area contributed by atoms with Crippen molar-refractivity contribution in [2.75, 3.05) is 0 Å². The molecule has 1 aromatic heterocycles. The first kappa shape index (κ1) is 18.5. The molecule has 0 aliphatic carbocycles. The van der Waals surface area contributed by atoms with Crippen LogP contribution < -0.4 is 4.74 Å². The van der Waals surface area contributed by atoms with E-state index < -0.39 is 10.6 Å². The third-order valence-electron chi connectivity index (χ3n) is 4.34. The van der Waals surface area contributed by atoms with E-state index >= 15 is 0 Å². The number of nitro groups is 1. The molecule has 4 rings (SSSR count). The first-order valence-electron chi connectivity index (χ1n) is 8.72. The Kier molecular flexibility index (Phi) is 4.73. The van der Waals surface area contributed by atoms with Crippen LogP contribution in [0.15, 0.2) is 66.9 Å². The lowest BCUT2D eigenvalue weighted by atomic mass is 10.1. The molecule has 0 bridgehead atoms. The van der Waals surface area contributed by atoms with Gasteiger partial charge in [0.2, 0.25) is 5.75 Å². The lowest BCUT2D eigenvalue weighted by Gasteiger charge is -2.09. The molecule has 0 unspecified atom stereocenters. The van der Waals surface area contributed by atoms with Gasteiger partial charge in [0.15, 0.2) is 0 Å². The summed E-state index contributed by atoms with van der Waals surface area (Å²) >= 11 is 0. The van der Waals surface area contributed by atoms with Crippen LogP contribution in [0.3, 0.4) is 0 Å². The normalized spacial score (nSPS) is 10.2. The number of nitro benzene ring substituents is 1. The minimum absolute atomic E-state index is 0.00495. The molecule has 0 spiro atoms. The summed E-state index contributed by atoms with van der Waals surface area (Å²) in [4.78, 5) is 19.7. The molecule has 8 heteroatoms. The number of aromatic nitrogens is 2. The van der Waals surface area contributed by atoms with Gasteiger partial charge in [-0.2, -0.15) is 10.5 Å². The molecule has 30 heavy (non-hydrogen) atoms. The van der Waals surface area contributed by atoms with Crippen molar-refractivity contribution in [2.24, 2.45) is 0 Å². The van der Waals surface area contributed by atoms with E-state index in [0.29, 0.717) is 17.0 Å². The highest BCUT2D eigenvalue weighted by Gasteiger charge is 2.20. The lowest BCUT2D eigenvalue weighted by molar-refractivity contribution is -0.385. The van der Waals surface area contributed by atoms with Crippen LogP contribution in [0.4, 0.5) is 5.69 Å². The smallest absolute Gasteiger partial charge is 0.312 e. The van der Waals surface area contributed by atoms with Crippen molar-refractivity contribution in [1.82, 2.24) is 9.97 Å². The molecular weight excluding hydrogens is 382 g/mol. The van der Waals surface area contributed by atoms with Gasteiger partial charge in [0.25, 0.3) is 0 Å². The third-order valence-corrected chi connectivity index (χ3v) is 4.34. The maximum absolute atomic E-state index is 11.4. The van der Waals surface area contributed by atoms with E-state index in [-0.39, 0.29) is 16.9 Å². The monoisotopic (exact) mass is 393 g/mol. The Hall–Kier alpha value is -4.82. The van der Waals surface area contributed by atoms with Gasteiger partial charge in [0.05, 0.1) is 39.0 Å². The average Bonchev–Trinajstić information content (AvgIpc) is 2.78. The highest BCUT2D eigenvalue weighted by molar-refractivity contribution is 5.77. The zero-order chi connectivity index (χ0) is 21.1. The zero-order valence-electron chi connectivity index (χ0n) is 15.3. The Labute approximate surface area is 170 Å². The van der Waals surface area contributed by atoms with Crippen molar-refractivity contribution in [3.05, 3.63) is 88.1 Å². The van der Waals surface area contributed by atoms with Crippen molar-refractivity contribution in [3.8, 4) is 34.9 Å².